The van der Waals surface area contributed by atoms with Crippen LogP contribution in [0.2, 0.25) is 0 Å². The van der Waals surface area contributed by atoms with E-state index in [0.29, 0.717) is 31.4 Å². The molecule has 0 amide bonds. The molecular formula is C21H24O5. The van der Waals surface area contributed by atoms with Crippen LogP contribution >= 0.6 is 0 Å². The minimum absolute atomic E-state index is 0.260. The lowest BCUT2D eigenvalue weighted by Crippen LogP contribution is -2.34. The molecule has 0 saturated heterocycles. The highest BCUT2D eigenvalue weighted by Gasteiger charge is 2.30. The summed E-state index contributed by atoms with van der Waals surface area (Å²) in [6, 6.07) is 7.92. The van der Waals surface area contributed by atoms with E-state index >= 15 is 0 Å². The fourth-order valence-corrected chi connectivity index (χ4v) is 3.42. The van der Waals surface area contributed by atoms with Crippen molar-refractivity contribution in [3.8, 4) is 5.75 Å². The number of Topliss-reactive ketones (excluding diaryl/α,β-unsaturated/α-hetero) is 1. The Labute approximate surface area is 153 Å². The summed E-state index contributed by atoms with van der Waals surface area (Å²) in [6.45, 7) is 3.42. The molecule has 0 bridgehead atoms. The van der Waals surface area contributed by atoms with Gasteiger partial charge in [0, 0.05) is 33.1 Å². The molecule has 0 radical (unpaired) electrons. The quantitative estimate of drug-likeness (QED) is 0.741. The Morgan fingerprint density at radius 2 is 1.77 bits per heavy atom. The van der Waals surface area contributed by atoms with Gasteiger partial charge < -0.3 is 14.2 Å². The third-order valence-electron chi connectivity index (χ3n) is 4.60. The Balaban J connectivity index is 1.80. The molecule has 1 aromatic carbocycles. The molecule has 2 aliphatic rings. The van der Waals surface area contributed by atoms with Crippen LogP contribution in [0.5, 0.6) is 5.75 Å². The van der Waals surface area contributed by atoms with E-state index < -0.39 is 5.79 Å². The smallest absolute Gasteiger partial charge is 0.337 e. The van der Waals surface area contributed by atoms with Gasteiger partial charge >= 0.3 is 5.97 Å². The van der Waals surface area contributed by atoms with Crippen molar-refractivity contribution in [1.82, 2.24) is 0 Å². The molecule has 5 heteroatoms. The van der Waals surface area contributed by atoms with E-state index in [1.165, 1.54) is 11.6 Å². The molecule has 1 aliphatic heterocycles. The van der Waals surface area contributed by atoms with Crippen LogP contribution in [0.25, 0.3) is 5.57 Å². The Morgan fingerprint density at radius 1 is 1.04 bits per heavy atom. The second kappa shape index (κ2) is 7.36. The van der Waals surface area contributed by atoms with Gasteiger partial charge in [-0.2, -0.15) is 0 Å². The van der Waals surface area contributed by atoms with Crippen molar-refractivity contribution in [2.75, 3.05) is 7.11 Å². The zero-order valence-electron chi connectivity index (χ0n) is 15.5. The summed E-state index contributed by atoms with van der Waals surface area (Å²) >= 11 is 0. The summed E-state index contributed by atoms with van der Waals surface area (Å²) in [5.41, 5.74) is 3.45. The summed E-state index contributed by atoms with van der Waals surface area (Å²) in [5.74, 6) is 0.336. The van der Waals surface area contributed by atoms with Crippen LogP contribution in [0, 0.1) is 0 Å². The first-order valence-electron chi connectivity index (χ1n) is 8.86. The standard InChI is InChI=1S/C21H24O5/c1-21(2)25-18(13-20(23)26-21)10-6-15-12-16(22)7-11-19(15)14-4-8-17(24-3)9-5-14/h4-5,8-9,13H,6-7,10-12H2,1-3H3. The van der Waals surface area contributed by atoms with Crippen LogP contribution < -0.4 is 4.74 Å². The molecule has 1 aromatic rings. The minimum atomic E-state index is -0.948. The van der Waals surface area contributed by atoms with E-state index in [1.807, 2.05) is 24.3 Å². The highest BCUT2D eigenvalue weighted by Crippen LogP contribution is 2.35. The number of ether oxygens (including phenoxy) is 3. The molecule has 0 unspecified atom stereocenters. The molecule has 1 aliphatic carbocycles. The molecule has 26 heavy (non-hydrogen) atoms. The lowest BCUT2D eigenvalue weighted by atomic mass is 9.84. The van der Waals surface area contributed by atoms with E-state index in [4.69, 9.17) is 14.2 Å². The molecule has 1 heterocycles. The Hall–Kier alpha value is -2.56. The second-order valence-corrected chi connectivity index (χ2v) is 7.06. The largest absolute Gasteiger partial charge is 0.497 e. The molecule has 0 saturated carbocycles. The zero-order valence-corrected chi connectivity index (χ0v) is 15.5. The van der Waals surface area contributed by atoms with Crippen LogP contribution in [-0.4, -0.2) is 24.6 Å². The van der Waals surface area contributed by atoms with Crippen molar-refractivity contribution in [2.45, 2.75) is 51.7 Å². The number of hydrogen-bond acceptors (Lipinski definition) is 5. The molecule has 0 fully saturated rings. The van der Waals surface area contributed by atoms with Gasteiger partial charge in [0.05, 0.1) is 13.2 Å². The zero-order chi connectivity index (χ0) is 18.7. The van der Waals surface area contributed by atoms with Crippen LogP contribution in [0.4, 0.5) is 0 Å². The first-order chi connectivity index (χ1) is 12.4. The molecular weight excluding hydrogens is 332 g/mol. The Bertz CT molecular complexity index is 768. The number of esters is 1. The van der Waals surface area contributed by atoms with Gasteiger partial charge in [0.15, 0.2) is 0 Å². The third-order valence-corrected chi connectivity index (χ3v) is 4.60. The first-order valence-corrected chi connectivity index (χ1v) is 8.86. The van der Waals surface area contributed by atoms with Crippen molar-refractivity contribution < 1.29 is 23.8 Å². The molecule has 5 nitrogen and oxygen atoms in total. The number of rotatable bonds is 5. The van der Waals surface area contributed by atoms with Crippen LogP contribution in [0.3, 0.4) is 0 Å². The van der Waals surface area contributed by atoms with Crippen molar-refractivity contribution in [3.05, 3.63) is 47.2 Å². The Morgan fingerprint density at radius 3 is 2.42 bits per heavy atom. The summed E-state index contributed by atoms with van der Waals surface area (Å²) in [4.78, 5) is 23.7. The normalized spacial score (nSPS) is 19.6. The number of ketones is 1. The number of allylic oxidation sites excluding steroid dienone is 3. The van der Waals surface area contributed by atoms with E-state index in [0.717, 1.165) is 23.3 Å². The summed E-state index contributed by atoms with van der Waals surface area (Å²) in [6.07, 6.45) is 4.42. The molecule has 0 aromatic heterocycles. The Kier molecular flexibility index (Phi) is 5.16. The molecule has 0 spiro atoms. The maximum atomic E-state index is 12.0. The molecule has 0 N–H and O–H groups in total. The molecule has 3 rings (SSSR count). The van der Waals surface area contributed by atoms with Gasteiger partial charge in [-0.25, -0.2) is 4.79 Å². The number of carbonyl (C=O) groups excluding carboxylic acids is 2. The highest BCUT2D eigenvalue weighted by atomic mass is 16.7. The van der Waals surface area contributed by atoms with Crippen molar-refractivity contribution in [3.63, 3.8) is 0 Å². The lowest BCUT2D eigenvalue weighted by Gasteiger charge is -2.31. The van der Waals surface area contributed by atoms with Gasteiger partial charge in [0.1, 0.15) is 17.3 Å². The van der Waals surface area contributed by atoms with Gasteiger partial charge in [0.25, 0.3) is 0 Å². The number of methoxy groups -OCH3 is 1. The van der Waals surface area contributed by atoms with Gasteiger partial charge in [-0.3, -0.25) is 4.79 Å². The van der Waals surface area contributed by atoms with Crippen molar-refractivity contribution in [2.24, 2.45) is 0 Å². The van der Waals surface area contributed by atoms with Gasteiger partial charge in [-0.15, -0.1) is 0 Å². The highest BCUT2D eigenvalue weighted by molar-refractivity contribution is 5.89. The topological polar surface area (TPSA) is 61.8 Å². The van der Waals surface area contributed by atoms with Crippen LogP contribution in [0.1, 0.15) is 51.5 Å². The van der Waals surface area contributed by atoms with Crippen LogP contribution in [-0.2, 0) is 19.1 Å². The predicted molar refractivity (Wildman–Crippen MR) is 97.3 cm³/mol. The maximum absolute atomic E-state index is 12.0. The second-order valence-electron chi connectivity index (χ2n) is 7.06. The predicted octanol–water partition coefficient (Wildman–Crippen LogP) is 4.18. The number of benzene rings is 1. The van der Waals surface area contributed by atoms with Gasteiger partial charge in [-0.1, -0.05) is 17.7 Å². The lowest BCUT2D eigenvalue weighted by molar-refractivity contribution is -0.205. The van der Waals surface area contributed by atoms with Gasteiger partial charge in [-0.05, 0) is 36.1 Å². The van der Waals surface area contributed by atoms with E-state index in [9.17, 15) is 9.59 Å². The maximum Gasteiger partial charge on any atom is 0.337 e. The van der Waals surface area contributed by atoms with Crippen LogP contribution in [0.15, 0.2) is 41.7 Å². The third kappa shape index (κ3) is 4.34. The van der Waals surface area contributed by atoms with E-state index in [2.05, 4.69) is 0 Å². The first kappa shape index (κ1) is 18.2. The fraction of sp³-hybridized carbons (Fsp3) is 0.429. The van der Waals surface area contributed by atoms with E-state index in [1.54, 1.807) is 21.0 Å². The average molecular weight is 356 g/mol. The van der Waals surface area contributed by atoms with Crippen molar-refractivity contribution in [1.29, 1.82) is 0 Å². The number of hydrogen-bond donors (Lipinski definition) is 0. The average Bonchev–Trinajstić information content (AvgIpc) is 2.58. The summed E-state index contributed by atoms with van der Waals surface area (Å²) < 4.78 is 16.1. The molecule has 138 valence electrons. The SMILES string of the molecule is COc1ccc(C2=C(CCC3=CC(=O)OC(C)(C)O3)CC(=O)CC2)cc1. The monoisotopic (exact) mass is 356 g/mol. The number of cyclic esters (lactones) is 1. The fourth-order valence-electron chi connectivity index (χ4n) is 3.42. The van der Waals surface area contributed by atoms with Crippen molar-refractivity contribution >= 4 is 17.3 Å². The van der Waals surface area contributed by atoms with Gasteiger partial charge in [0.2, 0.25) is 5.79 Å². The summed E-state index contributed by atoms with van der Waals surface area (Å²) in [5, 5.41) is 0. The minimum Gasteiger partial charge on any atom is -0.497 e. The molecule has 0 atom stereocenters. The number of carbonyl (C=O) groups is 2. The summed E-state index contributed by atoms with van der Waals surface area (Å²) in [7, 11) is 1.64. The van der Waals surface area contributed by atoms with E-state index in [-0.39, 0.29) is 11.8 Å².